The van der Waals surface area contributed by atoms with Gasteiger partial charge in [-0.2, -0.15) is 0 Å². The third-order valence-corrected chi connectivity index (χ3v) is 5.36. The van der Waals surface area contributed by atoms with Crippen LogP contribution in [0.1, 0.15) is 22.7 Å². The van der Waals surface area contributed by atoms with Gasteiger partial charge in [-0.15, -0.1) is 0 Å². The summed E-state index contributed by atoms with van der Waals surface area (Å²) in [4.78, 5) is 29.0. The lowest BCUT2D eigenvalue weighted by atomic mass is 10.0. The van der Waals surface area contributed by atoms with E-state index in [0.717, 1.165) is 22.8 Å². The number of nitrogens with two attached hydrogens (primary N) is 2. The molecular weight excluding hydrogens is 423 g/mol. The van der Waals surface area contributed by atoms with Gasteiger partial charge in [-0.05, 0) is 48.4 Å². The Kier molecular flexibility index (Phi) is 7.09. The lowest BCUT2D eigenvalue weighted by molar-refractivity contribution is -0.136. The van der Waals surface area contributed by atoms with Crippen LogP contribution in [0.4, 0.5) is 10.1 Å². The fraction of sp³-hybridized carbons (Fsp3) is 0.286. The lowest BCUT2D eigenvalue weighted by Gasteiger charge is -2.20. The van der Waals surface area contributed by atoms with Crippen LogP contribution < -0.4 is 27.4 Å². The summed E-state index contributed by atoms with van der Waals surface area (Å²) in [5.41, 5.74) is 14.2. The van der Waals surface area contributed by atoms with Crippen molar-refractivity contribution in [3.05, 3.63) is 63.9 Å². The summed E-state index contributed by atoms with van der Waals surface area (Å²) in [5.74, 6) is -2.62. The third kappa shape index (κ3) is 5.50. The number of aliphatic imine (C=N–C) groups is 1. The molecule has 7 N–H and O–H groups in total. The molecule has 3 rings (SSSR count). The SMILES string of the molecule is CNCc1ccc2c(c1)C[C@@H](CN=C(N)N)[C@@H]2NC(=O)C(=O)Nc1ccc(Cl)c(F)c1. The van der Waals surface area contributed by atoms with E-state index in [2.05, 4.69) is 27.0 Å². The highest BCUT2D eigenvalue weighted by Gasteiger charge is 2.34. The second kappa shape index (κ2) is 9.76. The lowest BCUT2D eigenvalue weighted by Crippen LogP contribution is -2.40. The fourth-order valence-corrected chi connectivity index (χ4v) is 3.78. The van der Waals surface area contributed by atoms with Gasteiger partial charge in [-0.1, -0.05) is 29.8 Å². The van der Waals surface area contributed by atoms with Crippen LogP contribution in [0.2, 0.25) is 5.02 Å². The van der Waals surface area contributed by atoms with Gasteiger partial charge in [0, 0.05) is 24.7 Å². The predicted octanol–water partition coefficient (Wildman–Crippen LogP) is 1.44. The summed E-state index contributed by atoms with van der Waals surface area (Å²) in [6.45, 7) is 1.01. The maximum atomic E-state index is 13.6. The molecular formula is C21H24ClFN6O2. The van der Waals surface area contributed by atoms with Crippen LogP contribution in [0.5, 0.6) is 0 Å². The summed E-state index contributed by atoms with van der Waals surface area (Å²) < 4.78 is 13.6. The van der Waals surface area contributed by atoms with Crippen molar-refractivity contribution in [1.29, 1.82) is 0 Å². The van der Waals surface area contributed by atoms with Crippen LogP contribution in [-0.4, -0.2) is 31.4 Å². The first-order chi connectivity index (χ1) is 14.8. The highest BCUT2D eigenvalue weighted by atomic mass is 35.5. The molecule has 0 bridgehead atoms. The maximum absolute atomic E-state index is 13.6. The van der Waals surface area contributed by atoms with E-state index in [9.17, 15) is 14.0 Å². The second-order valence-electron chi connectivity index (χ2n) is 7.33. The molecule has 0 radical (unpaired) electrons. The van der Waals surface area contributed by atoms with Crippen molar-refractivity contribution in [2.45, 2.75) is 19.0 Å². The highest BCUT2D eigenvalue weighted by molar-refractivity contribution is 6.39. The zero-order valence-electron chi connectivity index (χ0n) is 16.9. The number of hydrogen-bond acceptors (Lipinski definition) is 4. The normalized spacial score (nSPS) is 17.0. The number of fused-ring (bicyclic) bond motifs is 1. The molecule has 164 valence electrons. The molecule has 0 saturated heterocycles. The standard InChI is InChI=1S/C21H24ClFN6O2/c1-26-9-11-2-4-15-12(6-11)7-13(10-27-21(24)25)18(15)29-20(31)19(30)28-14-3-5-16(22)17(23)8-14/h2-6,8,13,18,26H,7,9-10H2,1H3,(H,28,30)(H,29,31)(H4,24,25,27)/t13-,18-/m0/s1. The van der Waals surface area contributed by atoms with Gasteiger partial charge in [0.25, 0.3) is 0 Å². The first-order valence-corrected chi connectivity index (χ1v) is 10.0. The molecule has 0 spiro atoms. The summed E-state index contributed by atoms with van der Waals surface area (Å²) in [6.07, 6.45) is 0.651. The third-order valence-electron chi connectivity index (χ3n) is 5.06. The van der Waals surface area contributed by atoms with Crippen molar-refractivity contribution in [1.82, 2.24) is 10.6 Å². The zero-order chi connectivity index (χ0) is 22.5. The van der Waals surface area contributed by atoms with Crippen LogP contribution >= 0.6 is 11.6 Å². The molecule has 8 nitrogen and oxygen atoms in total. The number of carbonyl (C=O) groups is 2. The molecule has 0 saturated carbocycles. The van der Waals surface area contributed by atoms with Crippen LogP contribution in [0.3, 0.4) is 0 Å². The van der Waals surface area contributed by atoms with E-state index in [1.165, 1.54) is 12.1 Å². The topological polar surface area (TPSA) is 135 Å². The number of carbonyl (C=O) groups excluding carboxylic acids is 2. The first-order valence-electron chi connectivity index (χ1n) is 9.67. The summed E-state index contributed by atoms with van der Waals surface area (Å²) in [6, 6.07) is 9.28. The van der Waals surface area contributed by atoms with Crippen LogP contribution in [0.15, 0.2) is 41.4 Å². The largest absolute Gasteiger partial charge is 0.370 e. The molecule has 10 heteroatoms. The molecule has 2 atom stereocenters. The quantitative estimate of drug-likeness (QED) is 0.260. The van der Waals surface area contributed by atoms with Gasteiger partial charge in [-0.3, -0.25) is 14.6 Å². The number of hydrogen-bond donors (Lipinski definition) is 5. The minimum atomic E-state index is -0.914. The number of nitrogens with one attached hydrogen (secondary N) is 3. The van der Waals surface area contributed by atoms with Gasteiger partial charge in [0.05, 0.1) is 11.1 Å². The van der Waals surface area contributed by atoms with Crippen LogP contribution in [-0.2, 0) is 22.6 Å². The van der Waals surface area contributed by atoms with E-state index in [0.29, 0.717) is 19.5 Å². The average Bonchev–Trinajstić information content (AvgIpc) is 3.06. The number of rotatable bonds is 6. The average molecular weight is 447 g/mol. The number of amides is 2. The van der Waals surface area contributed by atoms with Crippen molar-refractivity contribution in [2.75, 3.05) is 18.9 Å². The Morgan fingerprint density at radius 3 is 2.65 bits per heavy atom. The van der Waals surface area contributed by atoms with E-state index in [1.54, 1.807) is 0 Å². The Hall–Kier alpha value is -3.17. The molecule has 2 aromatic rings. The van der Waals surface area contributed by atoms with E-state index in [1.807, 2.05) is 19.2 Å². The molecule has 31 heavy (non-hydrogen) atoms. The van der Waals surface area contributed by atoms with Gasteiger partial charge < -0.3 is 27.4 Å². The van der Waals surface area contributed by atoms with E-state index < -0.39 is 23.7 Å². The van der Waals surface area contributed by atoms with E-state index >= 15 is 0 Å². The van der Waals surface area contributed by atoms with Crippen molar-refractivity contribution in [2.24, 2.45) is 22.4 Å². The van der Waals surface area contributed by atoms with Crippen molar-refractivity contribution >= 4 is 35.1 Å². The molecule has 0 fully saturated rings. The Morgan fingerprint density at radius 1 is 1.19 bits per heavy atom. The molecule has 2 amide bonds. The number of benzene rings is 2. The first kappa shape index (κ1) is 22.5. The molecule has 0 unspecified atom stereocenters. The highest BCUT2D eigenvalue weighted by Crippen LogP contribution is 2.37. The molecule has 0 aliphatic heterocycles. The van der Waals surface area contributed by atoms with Crippen molar-refractivity contribution in [3.63, 3.8) is 0 Å². The van der Waals surface area contributed by atoms with Gasteiger partial charge in [0.2, 0.25) is 0 Å². The number of nitrogens with zero attached hydrogens (tertiary/aromatic N) is 1. The monoisotopic (exact) mass is 446 g/mol. The second-order valence-corrected chi connectivity index (χ2v) is 7.73. The Morgan fingerprint density at radius 2 is 1.97 bits per heavy atom. The smallest absolute Gasteiger partial charge is 0.313 e. The maximum Gasteiger partial charge on any atom is 0.313 e. The van der Waals surface area contributed by atoms with Gasteiger partial charge in [0.1, 0.15) is 5.82 Å². The van der Waals surface area contributed by atoms with Crippen LogP contribution in [0.25, 0.3) is 0 Å². The Bertz CT molecular complexity index is 1020. The van der Waals surface area contributed by atoms with Gasteiger partial charge in [0.15, 0.2) is 5.96 Å². The molecule has 0 heterocycles. The van der Waals surface area contributed by atoms with E-state index in [-0.39, 0.29) is 22.6 Å². The Balaban J connectivity index is 1.77. The minimum Gasteiger partial charge on any atom is -0.370 e. The van der Waals surface area contributed by atoms with E-state index in [4.69, 9.17) is 23.1 Å². The summed E-state index contributed by atoms with van der Waals surface area (Å²) in [5, 5.41) is 8.17. The minimum absolute atomic E-state index is 0.0422. The molecule has 1 aliphatic rings. The molecule has 0 aromatic heterocycles. The number of halogens is 2. The number of anilines is 1. The zero-order valence-corrected chi connectivity index (χ0v) is 17.7. The van der Waals surface area contributed by atoms with Crippen molar-refractivity contribution < 1.29 is 14.0 Å². The van der Waals surface area contributed by atoms with Crippen molar-refractivity contribution in [3.8, 4) is 0 Å². The summed E-state index contributed by atoms with van der Waals surface area (Å²) >= 11 is 5.64. The molecule has 2 aromatic carbocycles. The van der Waals surface area contributed by atoms with Crippen LogP contribution in [0, 0.1) is 11.7 Å². The van der Waals surface area contributed by atoms with Gasteiger partial charge in [-0.25, -0.2) is 4.39 Å². The summed E-state index contributed by atoms with van der Waals surface area (Å²) in [7, 11) is 1.86. The van der Waals surface area contributed by atoms with Gasteiger partial charge >= 0.3 is 11.8 Å². The predicted molar refractivity (Wildman–Crippen MR) is 118 cm³/mol. The molecule has 1 aliphatic carbocycles. The number of guanidine groups is 1. The Labute approximate surface area is 184 Å². The fourth-order valence-electron chi connectivity index (χ4n) is 3.66.